The Morgan fingerprint density at radius 1 is 1.38 bits per heavy atom. The van der Waals surface area contributed by atoms with Crippen LogP contribution in [0.2, 0.25) is 0 Å². The van der Waals surface area contributed by atoms with Crippen LogP contribution in [-0.2, 0) is 10.5 Å². The van der Waals surface area contributed by atoms with Gasteiger partial charge in [-0.25, -0.2) is 0 Å². The van der Waals surface area contributed by atoms with E-state index in [1.807, 2.05) is 0 Å². The Labute approximate surface area is 83.0 Å². The summed E-state index contributed by atoms with van der Waals surface area (Å²) in [6, 6.07) is 8.45. The van der Waals surface area contributed by atoms with Gasteiger partial charge in [-0.05, 0) is 6.92 Å². The third kappa shape index (κ3) is 2.52. The molecule has 0 heterocycles. The molecule has 0 saturated heterocycles. The van der Waals surface area contributed by atoms with E-state index in [1.54, 1.807) is 30.3 Å². The predicted molar refractivity (Wildman–Crippen MR) is 52.5 cm³/mol. The minimum Gasteiger partial charge on any atom is -0.365 e. The summed E-state index contributed by atoms with van der Waals surface area (Å²) in [6.07, 6.45) is 0. The summed E-state index contributed by atoms with van der Waals surface area (Å²) in [4.78, 5) is 10.9. The summed E-state index contributed by atoms with van der Waals surface area (Å²) >= 11 is 0. The molecule has 0 saturated carbocycles. The Bertz CT molecular complexity index is 285. The van der Waals surface area contributed by atoms with Crippen molar-refractivity contribution in [3.8, 4) is 0 Å². The fraction of sp³-hybridized carbons (Fsp3) is 0.222. The van der Waals surface area contributed by atoms with Gasteiger partial charge >= 0.3 is 0 Å². The van der Waals surface area contributed by atoms with Crippen molar-refractivity contribution in [2.75, 3.05) is 0 Å². The average Bonchev–Trinajstić information content (AvgIpc) is 2.06. The largest absolute Gasteiger partial charge is 0.365 e. The molecule has 0 bridgehead atoms. The van der Waals surface area contributed by atoms with E-state index in [0.29, 0.717) is 5.56 Å². The van der Waals surface area contributed by atoms with Gasteiger partial charge < -0.3 is 5.11 Å². The zero-order valence-electron chi connectivity index (χ0n) is 7.23. The average molecular weight is 202 g/mol. The highest BCUT2D eigenvalue weighted by Crippen LogP contribution is 2.14. The lowest BCUT2D eigenvalue weighted by Crippen LogP contribution is -2.43. The van der Waals surface area contributed by atoms with E-state index < -0.39 is 11.5 Å². The molecule has 0 aliphatic carbocycles. The zero-order valence-corrected chi connectivity index (χ0v) is 8.04. The van der Waals surface area contributed by atoms with Crippen LogP contribution >= 0.6 is 12.4 Å². The Balaban J connectivity index is 0.00000144. The van der Waals surface area contributed by atoms with Crippen molar-refractivity contribution in [1.82, 2.24) is 0 Å². The quantitative estimate of drug-likeness (QED) is 0.696. The molecule has 1 aromatic carbocycles. The van der Waals surface area contributed by atoms with Crippen molar-refractivity contribution in [1.29, 1.82) is 0 Å². The maximum Gasteiger partial charge on any atom is 0.199 e. The molecule has 0 aliphatic heterocycles. The molecule has 1 rings (SSSR count). The molecule has 3 N–H and O–H groups in total. The molecule has 0 aliphatic rings. The SMILES string of the molecule is CC(=O)C(N)(O)c1ccccc1.Cl. The van der Waals surface area contributed by atoms with Crippen LogP contribution in [0.5, 0.6) is 0 Å². The highest BCUT2D eigenvalue weighted by Gasteiger charge is 2.28. The van der Waals surface area contributed by atoms with Gasteiger partial charge in [-0.2, -0.15) is 0 Å². The zero-order chi connectivity index (χ0) is 9.19. The summed E-state index contributed by atoms with van der Waals surface area (Å²) in [5, 5.41) is 9.49. The van der Waals surface area contributed by atoms with Crippen LogP contribution in [-0.4, -0.2) is 10.9 Å². The van der Waals surface area contributed by atoms with Crippen LogP contribution in [0.1, 0.15) is 12.5 Å². The topological polar surface area (TPSA) is 63.3 Å². The molecule has 3 nitrogen and oxygen atoms in total. The predicted octanol–water partition coefficient (Wildman–Crippen LogP) is 0.801. The molecule has 0 fully saturated rings. The second-order valence-corrected chi connectivity index (χ2v) is 2.69. The highest BCUT2D eigenvalue weighted by molar-refractivity contribution is 5.85. The maximum atomic E-state index is 10.9. The number of hydrogen-bond donors (Lipinski definition) is 2. The summed E-state index contributed by atoms with van der Waals surface area (Å²) < 4.78 is 0. The maximum absolute atomic E-state index is 10.9. The number of nitrogens with two attached hydrogens (primary N) is 1. The molecule has 0 radical (unpaired) electrons. The van der Waals surface area contributed by atoms with Gasteiger partial charge in [-0.15, -0.1) is 12.4 Å². The Morgan fingerprint density at radius 3 is 2.23 bits per heavy atom. The van der Waals surface area contributed by atoms with Gasteiger partial charge in [0.1, 0.15) is 0 Å². The number of Topliss-reactive ketones (excluding diaryl/α,β-unsaturated/α-hetero) is 1. The molecule has 1 unspecified atom stereocenters. The Kier molecular flexibility index (Phi) is 4.07. The van der Waals surface area contributed by atoms with E-state index in [2.05, 4.69) is 0 Å². The molecule has 0 amide bonds. The van der Waals surface area contributed by atoms with Crippen LogP contribution in [0.4, 0.5) is 0 Å². The summed E-state index contributed by atoms with van der Waals surface area (Å²) in [5.41, 5.74) is 3.96. The Hall–Kier alpha value is -0.900. The van der Waals surface area contributed by atoms with E-state index in [1.165, 1.54) is 6.92 Å². The molecule has 0 aromatic heterocycles. The molecule has 72 valence electrons. The molecular formula is C9H12ClNO2. The van der Waals surface area contributed by atoms with Gasteiger partial charge in [0.05, 0.1) is 0 Å². The first kappa shape index (κ1) is 12.1. The standard InChI is InChI=1S/C9H11NO2.ClH/c1-7(11)9(10,12)8-5-3-2-4-6-8;/h2-6,12H,10H2,1H3;1H. The Morgan fingerprint density at radius 2 is 1.85 bits per heavy atom. The normalized spacial score (nSPS) is 14.1. The first-order valence-corrected chi connectivity index (χ1v) is 3.63. The highest BCUT2D eigenvalue weighted by atomic mass is 35.5. The third-order valence-corrected chi connectivity index (χ3v) is 1.75. The third-order valence-electron chi connectivity index (χ3n) is 1.75. The lowest BCUT2D eigenvalue weighted by Gasteiger charge is -2.19. The number of benzene rings is 1. The minimum atomic E-state index is -1.85. The van der Waals surface area contributed by atoms with E-state index in [4.69, 9.17) is 5.73 Å². The van der Waals surface area contributed by atoms with Gasteiger partial charge in [0, 0.05) is 5.56 Å². The van der Waals surface area contributed by atoms with Crippen molar-refractivity contribution in [2.45, 2.75) is 12.6 Å². The van der Waals surface area contributed by atoms with Crippen molar-refractivity contribution in [3.63, 3.8) is 0 Å². The lowest BCUT2D eigenvalue weighted by atomic mass is 10.0. The van der Waals surface area contributed by atoms with Crippen LogP contribution in [0.3, 0.4) is 0 Å². The number of carbonyl (C=O) groups is 1. The fourth-order valence-corrected chi connectivity index (χ4v) is 0.896. The number of aliphatic hydroxyl groups is 1. The fourth-order valence-electron chi connectivity index (χ4n) is 0.896. The molecule has 0 spiro atoms. The molecule has 1 atom stereocenters. The number of halogens is 1. The van der Waals surface area contributed by atoms with Gasteiger partial charge in [-0.1, -0.05) is 30.3 Å². The van der Waals surface area contributed by atoms with Crippen molar-refractivity contribution < 1.29 is 9.90 Å². The van der Waals surface area contributed by atoms with Gasteiger partial charge in [-0.3, -0.25) is 10.5 Å². The van der Waals surface area contributed by atoms with Crippen molar-refractivity contribution in [2.24, 2.45) is 5.73 Å². The molecule has 1 aromatic rings. The number of carbonyl (C=O) groups excluding carboxylic acids is 1. The van der Waals surface area contributed by atoms with Gasteiger partial charge in [0.25, 0.3) is 0 Å². The second-order valence-electron chi connectivity index (χ2n) is 2.69. The number of rotatable bonds is 2. The van der Waals surface area contributed by atoms with Crippen LogP contribution in [0.25, 0.3) is 0 Å². The number of hydrogen-bond acceptors (Lipinski definition) is 3. The van der Waals surface area contributed by atoms with Crippen LogP contribution in [0, 0.1) is 0 Å². The molecule has 13 heavy (non-hydrogen) atoms. The van der Waals surface area contributed by atoms with Crippen molar-refractivity contribution >= 4 is 18.2 Å². The van der Waals surface area contributed by atoms with E-state index in [0.717, 1.165) is 0 Å². The van der Waals surface area contributed by atoms with E-state index in [9.17, 15) is 9.90 Å². The lowest BCUT2D eigenvalue weighted by molar-refractivity contribution is -0.135. The van der Waals surface area contributed by atoms with Gasteiger partial charge in [0.2, 0.25) is 0 Å². The van der Waals surface area contributed by atoms with E-state index >= 15 is 0 Å². The summed E-state index contributed by atoms with van der Waals surface area (Å²) in [7, 11) is 0. The van der Waals surface area contributed by atoms with Crippen LogP contribution in [0.15, 0.2) is 30.3 Å². The molecular weight excluding hydrogens is 190 g/mol. The first-order valence-electron chi connectivity index (χ1n) is 3.63. The van der Waals surface area contributed by atoms with Crippen molar-refractivity contribution in [3.05, 3.63) is 35.9 Å². The van der Waals surface area contributed by atoms with E-state index in [-0.39, 0.29) is 12.4 Å². The van der Waals surface area contributed by atoms with Crippen LogP contribution < -0.4 is 5.73 Å². The first-order chi connectivity index (χ1) is 5.55. The smallest absolute Gasteiger partial charge is 0.199 e. The monoisotopic (exact) mass is 201 g/mol. The second kappa shape index (κ2) is 4.37. The van der Waals surface area contributed by atoms with Gasteiger partial charge in [0.15, 0.2) is 11.5 Å². The molecule has 4 heteroatoms. The summed E-state index contributed by atoms with van der Waals surface area (Å²) in [6.45, 7) is 1.26. The summed E-state index contributed by atoms with van der Waals surface area (Å²) in [5.74, 6) is -0.464. The minimum absolute atomic E-state index is 0. The number of ketones is 1.